The van der Waals surface area contributed by atoms with Crippen molar-refractivity contribution in [2.75, 3.05) is 0 Å². The van der Waals surface area contributed by atoms with Gasteiger partial charge in [0.1, 0.15) is 6.29 Å². The van der Waals surface area contributed by atoms with Crippen LogP contribution in [0.25, 0.3) is 0 Å². The molecule has 3 heteroatoms. The Labute approximate surface area is 76.6 Å². The van der Waals surface area contributed by atoms with Gasteiger partial charge in [0.15, 0.2) is 0 Å². The molecule has 1 rings (SSSR count). The van der Waals surface area contributed by atoms with Gasteiger partial charge in [-0.3, -0.25) is 9.59 Å². The fourth-order valence-corrected chi connectivity index (χ4v) is 1.09. The lowest BCUT2D eigenvalue weighted by Crippen LogP contribution is -2.11. The van der Waals surface area contributed by atoms with Crippen LogP contribution >= 0.6 is 0 Å². The van der Waals surface area contributed by atoms with Gasteiger partial charge in [0.25, 0.3) is 0 Å². The first-order valence-corrected chi connectivity index (χ1v) is 4.05. The lowest BCUT2D eigenvalue weighted by atomic mass is 10.1. The van der Waals surface area contributed by atoms with Crippen molar-refractivity contribution < 1.29 is 9.59 Å². The van der Waals surface area contributed by atoms with Crippen LogP contribution < -0.4 is 5.73 Å². The summed E-state index contributed by atoms with van der Waals surface area (Å²) in [4.78, 5) is 20.9. The normalized spacial score (nSPS) is 9.54. The van der Waals surface area contributed by atoms with Crippen molar-refractivity contribution in [3.8, 4) is 0 Å². The van der Waals surface area contributed by atoms with Crippen molar-refractivity contribution in [1.82, 2.24) is 0 Å². The fraction of sp³-hybridized carbons (Fsp3) is 0.200. The molecule has 0 atom stereocenters. The summed E-state index contributed by atoms with van der Waals surface area (Å²) < 4.78 is 0. The van der Waals surface area contributed by atoms with Gasteiger partial charge in [0.2, 0.25) is 5.91 Å². The van der Waals surface area contributed by atoms with E-state index in [4.69, 9.17) is 5.73 Å². The molecule has 68 valence electrons. The van der Waals surface area contributed by atoms with E-state index in [0.717, 1.165) is 11.8 Å². The number of primary amides is 1. The molecule has 13 heavy (non-hydrogen) atoms. The Kier molecular flexibility index (Phi) is 3.20. The van der Waals surface area contributed by atoms with Gasteiger partial charge in [-0.15, -0.1) is 0 Å². The Morgan fingerprint density at radius 1 is 1.46 bits per heavy atom. The highest BCUT2D eigenvalue weighted by Crippen LogP contribution is 2.05. The molecule has 0 radical (unpaired) electrons. The average molecular weight is 177 g/mol. The van der Waals surface area contributed by atoms with Crippen molar-refractivity contribution in [2.45, 2.75) is 12.8 Å². The third-order valence-corrected chi connectivity index (χ3v) is 1.75. The van der Waals surface area contributed by atoms with E-state index in [1.807, 2.05) is 6.07 Å². The highest BCUT2D eigenvalue weighted by molar-refractivity contribution is 5.76. The van der Waals surface area contributed by atoms with Crippen LogP contribution in [-0.4, -0.2) is 12.2 Å². The Bertz CT molecular complexity index is 320. The molecule has 0 spiro atoms. The van der Waals surface area contributed by atoms with Crippen LogP contribution in [0.1, 0.15) is 22.3 Å². The van der Waals surface area contributed by atoms with Crippen molar-refractivity contribution in [3.05, 3.63) is 35.4 Å². The van der Waals surface area contributed by atoms with Crippen LogP contribution in [0.2, 0.25) is 0 Å². The number of aryl methyl sites for hydroxylation is 1. The van der Waals surface area contributed by atoms with Gasteiger partial charge in [-0.1, -0.05) is 18.2 Å². The predicted molar refractivity (Wildman–Crippen MR) is 49.3 cm³/mol. The molecule has 0 bridgehead atoms. The number of amides is 1. The molecule has 2 N–H and O–H groups in total. The lowest BCUT2D eigenvalue weighted by Gasteiger charge is -1.98. The molecule has 0 aliphatic carbocycles. The van der Waals surface area contributed by atoms with Gasteiger partial charge in [0.05, 0.1) is 0 Å². The molecule has 1 amide bonds. The zero-order valence-electron chi connectivity index (χ0n) is 7.19. The molecular formula is C10H11NO2. The minimum atomic E-state index is -0.323. The minimum Gasteiger partial charge on any atom is -0.370 e. The van der Waals surface area contributed by atoms with Crippen molar-refractivity contribution in [3.63, 3.8) is 0 Å². The molecule has 0 unspecified atom stereocenters. The molecule has 3 nitrogen and oxygen atoms in total. The smallest absolute Gasteiger partial charge is 0.217 e. The lowest BCUT2D eigenvalue weighted by molar-refractivity contribution is -0.117. The van der Waals surface area contributed by atoms with Crippen LogP contribution in [-0.2, 0) is 11.2 Å². The van der Waals surface area contributed by atoms with E-state index < -0.39 is 0 Å². The Balaban J connectivity index is 2.66. The molecule has 0 aliphatic rings. The van der Waals surface area contributed by atoms with Crippen LogP contribution in [0.4, 0.5) is 0 Å². The topological polar surface area (TPSA) is 60.2 Å². The van der Waals surface area contributed by atoms with Crippen LogP contribution in [0.15, 0.2) is 24.3 Å². The first-order chi connectivity index (χ1) is 6.22. The predicted octanol–water partition coefficient (Wildman–Crippen LogP) is 0.917. The monoisotopic (exact) mass is 177 g/mol. The third-order valence-electron chi connectivity index (χ3n) is 1.75. The first kappa shape index (κ1) is 9.45. The van der Waals surface area contributed by atoms with E-state index in [2.05, 4.69) is 0 Å². The summed E-state index contributed by atoms with van der Waals surface area (Å²) in [5.74, 6) is -0.323. The summed E-state index contributed by atoms with van der Waals surface area (Å²) in [6, 6.07) is 7.15. The molecule has 0 aromatic heterocycles. The summed E-state index contributed by atoms with van der Waals surface area (Å²) >= 11 is 0. The Morgan fingerprint density at radius 2 is 2.23 bits per heavy atom. The summed E-state index contributed by atoms with van der Waals surface area (Å²) in [6.45, 7) is 0. The number of aldehydes is 1. The van der Waals surface area contributed by atoms with Gasteiger partial charge in [-0.25, -0.2) is 0 Å². The maximum Gasteiger partial charge on any atom is 0.217 e. The number of nitrogens with two attached hydrogens (primary N) is 1. The highest BCUT2D eigenvalue weighted by Gasteiger charge is 1.97. The maximum absolute atomic E-state index is 10.5. The van der Waals surface area contributed by atoms with Gasteiger partial charge in [-0.05, 0) is 18.1 Å². The molecule has 0 fully saturated rings. The standard InChI is InChI=1S/C10H11NO2/c11-10(13)5-4-8-2-1-3-9(6-8)7-12/h1-3,6-7H,4-5H2,(H2,11,13). The van der Waals surface area contributed by atoms with E-state index in [-0.39, 0.29) is 5.91 Å². The molecule has 0 saturated heterocycles. The van der Waals surface area contributed by atoms with Crippen molar-refractivity contribution >= 4 is 12.2 Å². The zero-order chi connectivity index (χ0) is 9.68. The van der Waals surface area contributed by atoms with E-state index in [1.165, 1.54) is 0 Å². The van der Waals surface area contributed by atoms with E-state index >= 15 is 0 Å². The molecule has 0 heterocycles. The fourth-order valence-electron chi connectivity index (χ4n) is 1.09. The third kappa shape index (κ3) is 3.07. The Hall–Kier alpha value is -1.64. The second-order valence-electron chi connectivity index (χ2n) is 2.83. The number of hydrogen-bond donors (Lipinski definition) is 1. The van der Waals surface area contributed by atoms with Gasteiger partial charge in [-0.2, -0.15) is 0 Å². The largest absolute Gasteiger partial charge is 0.370 e. The second kappa shape index (κ2) is 4.40. The quantitative estimate of drug-likeness (QED) is 0.695. The summed E-state index contributed by atoms with van der Waals surface area (Å²) in [7, 11) is 0. The first-order valence-electron chi connectivity index (χ1n) is 4.05. The van der Waals surface area contributed by atoms with E-state index in [0.29, 0.717) is 18.4 Å². The number of carbonyl (C=O) groups excluding carboxylic acids is 2. The molecule has 0 aliphatic heterocycles. The number of carbonyl (C=O) groups is 2. The summed E-state index contributed by atoms with van der Waals surface area (Å²) in [5, 5.41) is 0. The van der Waals surface area contributed by atoms with E-state index in [9.17, 15) is 9.59 Å². The van der Waals surface area contributed by atoms with Crippen LogP contribution in [0.3, 0.4) is 0 Å². The van der Waals surface area contributed by atoms with Crippen molar-refractivity contribution in [1.29, 1.82) is 0 Å². The SMILES string of the molecule is NC(=O)CCc1cccc(C=O)c1. The molecule has 1 aromatic carbocycles. The second-order valence-corrected chi connectivity index (χ2v) is 2.83. The molecular weight excluding hydrogens is 166 g/mol. The van der Waals surface area contributed by atoms with Crippen LogP contribution in [0.5, 0.6) is 0 Å². The maximum atomic E-state index is 10.5. The molecule has 0 saturated carbocycles. The Morgan fingerprint density at radius 3 is 2.85 bits per heavy atom. The van der Waals surface area contributed by atoms with Gasteiger partial charge < -0.3 is 5.73 Å². The highest BCUT2D eigenvalue weighted by atomic mass is 16.1. The van der Waals surface area contributed by atoms with Gasteiger partial charge >= 0.3 is 0 Å². The summed E-state index contributed by atoms with van der Waals surface area (Å²) in [6.07, 6.45) is 1.70. The number of hydrogen-bond acceptors (Lipinski definition) is 2. The average Bonchev–Trinajstić information content (AvgIpc) is 2.15. The molecule has 1 aromatic rings. The minimum absolute atomic E-state index is 0.322. The summed E-state index contributed by atoms with van der Waals surface area (Å²) in [5.41, 5.74) is 6.59. The van der Waals surface area contributed by atoms with Gasteiger partial charge in [0, 0.05) is 12.0 Å². The van der Waals surface area contributed by atoms with E-state index in [1.54, 1.807) is 18.2 Å². The number of rotatable bonds is 4. The van der Waals surface area contributed by atoms with Crippen molar-refractivity contribution in [2.24, 2.45) is 5.73 Å². The zero-order valence-corrected chi connectivity index (χ0v) is 7.19. The van der Waals surface area contributed by atoms with Crippen LogP contribution in [0, 0.1) is 0 Å². The number of benzene rings is 1.